The third-order valence-corrected chi connectivity index (χ3v) is 3.61. The predicted octanol–water partition coefficient (Wildman–Crippen LogP) is 2.54. The van der Waals surface area contributed by atoms with Crippen molar-refractivity contribution in [3.8, 4) is 0 Å². The topological polar surface area (TPSA) is 46.3 Å². The lowest BCUT2D eigenvalue weighted by molar-refractivity contribution is -0.117. The van der Waals surface area contributed by atoms with Gasteiger partial charge in [0.1, 0.15) is 5.82 Å². The van der Waals surface area contributed by atoms with Gasteiger partial charge in [-0.2, -0.15) is 0 Å². The van der Waals surface area contributed by atoms with Gasteiger partial charge in [-0.1, -0.05) is 18.2 Å². The van der Waals surface area contributed by atoms with Crippen molar-refractivity contribution >= 4 is 17.3 Å². The Morgan fingerprint density at radius 2 is 2.05 bits per heavy atom. The molecule has 0 radical (unpaired) electrons. The summed E-state index contributed by atoms with van der Waals surface area (Å²) in [6.07, 6.45) is 0.975. The lowest BCUT2D eigenvalue weighted by Gasteiger charge is -2.17. The molecule has 1 heterocycles. The van der Waals surface area contributed by atoms with E-state index in [2.05, 4.69) is 0 Å². The van der Waals surface area contributed by atoms with E-state index in [1.165, 1.54) is 12.1 Å². The molecule has 1 aliphatic heterocycles. The number of hydrogen-bond donors (Lipinski definition) is 1. The van der Waals surface area contributed by atoms with Gasteiger partial charge in [-0.05, 0) is 36.2 Å². The van der Waals surface area contributed by atoms with Gasteiger partial charge in [-0.15, -0.1) is 0 Å². The van der Waals surface area contributed by atoms with Gasteiger partial charge in [0.2, 0.25) is 5.91 Å². The van der Waals surface area contributed by atoms with Crippen LogP contribution >= 0.6 is 0 Å². The van der Waals surface area contributed by atoms with E-state index in [1.807, 2.05) is 18.2 Å². The van der Waals surface area contributed by atoms with Crippen LogP contribution in [0.2, 0.25) is 0 Å². The van der Waals surface area contributed by atoms with E-state index in [-0.39, 0.29) is 18.1 Å². The smallest absolute Gasteiger partial charge is 0.231 e. The molecule has 102 valence electrons. The van der Waals surface area contributed by atoms with Crippen LogP contribution in [-0.2, 0) is 17.6 Å². The molecule has 0 saturated carbocycles. The van der Waals surface area contributed by atoms with Crippen molar-refractivity contribution in [2.45, 2.75) is 12.8 Å². The van der Waals surface area contributed by atoms with Crippen molar-refractivity contribution in [2.75, 3.05) is 17.2 Å². The van der Waals surface area contributed by atoms with Gasteiger partial charge < -0.3 is 10.6 Å². The first-order chi connectivity index (χ1) is 9.65. The van der Waals surface area contributed by atoms with Gasteiger partial charge in [0, 0.05) is 23.5 Å². The summed E-state index contributed by atoms with van der Waals surface area (Å²) in [4.78, 5) is 14.1. The van der Waals surface area contributed by atoms with Crippen molar-refractivity contribution < 1.29 is 9.18 Å². The van der Waals surface area contributed by atoms with Crippen molar-refractivity contribution in [2.24, 2.45) is 0 Å². The summed E-state index contributed by atoms with van der Waals surface area (Å²) in [6, 6.07) is 11.8. The molecule has 2 aromatic rings. The van der Waals surface area contributed by atoms with E-state index < -0.39 is 0 Å². The molecule has 0 fully saturated rings. The number of nitrogens with two attached hydrogens (primary N) is 1. The molecule has 20 heavy (non-hydrogen) atoms. The van der Waals surface area contributed by atoms with E-state index in [9.17, 15) is 9.18 Å². The van der Waals surface area contributed by atoms with Gasteiger partial charge in [0.25, 0.3) is 0 Å². The van der Waals surface area contributed by atoms with Crippen LogP contribution < -0.4 is 10.6 Å². The molecular weight excluding hydrogens is 255 g/mol. The monoisotopic (exact) mass is 270 g/mol. The highest BCUT2D eigenvalue weighted by atomic mass is 19.1. The third-order valence-electron chi connectivity index (χ3n) is 3.61. The molecule has 0 saturated heterocycles. The molecule has 0 bridgehead atoms. The minimum Gasteiger partial charge on any atom is -0.398 e. The van der Waals surface area contributed by atoms with Gasteiger partial charge in [0.05, 0.1) is 6.42 Å². The number of fused-ring (bicyclic) bond motifs is 1. The number of nitrogens with zero attached hydrogens (tertiary/aromatic N) is 1. The van der Waals surface area contributed by atoms with Crippen LogP contribution in [0.5, 0.6) is 0 Å². The highest BCUT2D eigenvalue weighted by molar-refractivity contribution is 5.97. The fourth-order valence-corrected chi connectivity index (χ4v) is 2.64. The Kier molecular flexibility index (Phi) is 3.14. The lowest BCUT2D eigenvalue weighted by atomic mass is 10.1. The Labute approximate surface area is 116 Å². The average molecular weight is 270 g/mol. The standard InChI is InChI=1S/C16H15FN2O/c17-12-4-1-3-11(9-12)10-16(20)19-8-7-13-14(18)5-2-6-15(13)19/h1-6,9H,7-8,10,18H2. The molecule has 1 aliphatic rings. The Bertz CT molecular complexity index is 669. The van der Waals surface area contributed by atoms with Gasteiger partial charge in [-0.25, -0.2) is 4.39 Å². The average Bonchev–Trinajstić information content (AvgIpc) is 2.84. The summed E-state index contributed by atoms with van der Waals surface area (Å²) in [6.45, 7) is 0.637. The Morgan fingerprint density at radius 3 is 2.85 bits per heavy atom. The maximum absolute atomic E-state index is 13.1. The maximum atomic E-state index is 13.1. The number of carbonyl (C=O) groups excluding carboxylic acids is 1. The van der Waals surface area contributed by atoms with E-state index >= 15 is 0 Å². The van der Waals surface area contributed by atoms with Crippen molar-refractivity contribution in [1.29, 1.82) is 0 Å². The summed E-state index contributed by atoms with van der Waals surface area (Å²) < 4.78 is 13.1. The molecule has 3 rings (SSSR count). The number of halogens is 1. The molecule has 3 nitrogen and oxygen atoms in total. The van der Waals surface area contributed by atoms with E-state index in [4.69, 9.17) is 5.73 Å². The lowest BCUT2D eigenvalue weighted by Crippen LogP contribution is -2.30. The second-order valence-electron chi connectivity index (χ2n) is 4.95. The van der Waals surface area contributed by atoms with Crippen molar-refractivity contribution in [3.63, 3.8) is 0 Å². The fraction of sp³-hybridized carbons (Fsp3) is 0.188. The zero-order valence-corrected chi connectivity index (χ0v) is 11.0. The zero-order chi connectivity index (χ0) is 14.1. The molecule has 0 unspecified atom stereocenters. The third kappa shape index (κ3) is 2.25. The summed E-state index contributed by atoms with van der Waals surface area (Å²) in [5.74, 6) is -0.346. The van der Waals surface area contributed by atoms with Crippen molar-refractivity contribution in [1.82, 2.24) is 0 Å². The first-order valence-corrected chi connectivity index (χ1v) is 6.57. The van der Waals surface area contributed by atoms with Crippen LogP contribution in [-0.4, -0.2) is 12.5 Å². The minimum atomic E-state index is -0.318. The SMILES string of the molecule is Nc1cccc2c1CCN2C(=O)Cc1cccc(F)c1. The van der Waals surface area contributed by atoms with Gasteiger partial charge >= 0.3 is 0 Å². The summed E-state index contributed by atoms with van der Waals surface area (Å²) in [7, 11) is 0. The highest BCUT2D eigenvalue weighted by Crippen LogP contribution is 2.32. The quantitative estimate of drug-likeness (QED) is 0.852. The molecule has 0 spiro atoms. The number of amides is 1. The van der Waals surface area contributed by atoms with Crippen LogP contribution in [0.3, 0.4) is 0 Å². The largest absolute Gasteiger partial charge is 0.398 e. The number of anilines is 2. The van der Waals surface area contributed by atoms with Gasteiger partial charge in [-0.3, -0.25) is 4.79 Å². The normalized spacial score (nSPS) is 13.3. The Hall–Kier alpha value is -2.36. The number of rotatable bonds is 2. The maximum Gasteiger partial charge on any atom is 0.231 e. The minimum absolute atomic E-state index is 0.0278. The number of nitrogen functional groups attached to an aromatic ring is 1. The molecule has 0 atom stereocenters. The first kappa shape index (κ1) is 12.7. The molecular formula is C16H15FN2O. The van der Waals surface area contributed by atoms with Crippen LogP contribution in [0.25, 0.3) is 0 Å². The highest BCUT2D eigenvalue weighted by Gasteiger charge is 2.25. The second kappa shape index (κ2) is 4.96. The van der Waals surface area contributed by atoms with Gasteiger partial charge in [0.15, 0.2) is 0 Å². The van der Waals surface area contributed by atoms with Crippen LogP contribution in [0, 0.1) is 5.82 Å². The summed E-state index contributed by atoms with van der Waals surface area (Å²) >= 11 is 0. The number of carbonyl (C=O) groups is 1. The fourth-order valence-electron chi connectivity index (χ4n) is 2.64. The second-order valence-corrected chi connectivity index (χ2v) is 4.95. The van der Waals surface area contributed by atoms with Crippen LogP contribution in [0.15, 0.2) is 42.5 Å². The van der Waals surface area contributed by atoms with Crippen molar-refractivity contribution in [3.05, 3.63) is 59.4 Å². The molecule has 0 aromatic heterocycles. The molecule has 2 N–H and O–H groups in total. The van der Waals surface area contributed by atoms with Crippen LogP contribution in [0.1, 0.15) is 11.1 Å². The number of hydrogen-bond acceptors (Lipinski definition) is 2. The van der Waals surface area contributed by atoms with E-state index in [0.29, 0.717) is 12.1 Å². The zero-order valence-electron chi connectivity index (χ0n) is 11.0. The summed E-state index contributed by atoms with van der Waals surface area (Å²) in [5.41, 5.74) is 9.24. The molecule has 1 amide bonds. The molecule has 4 heteroatoms. The van der Waals surface area contributed by atoms with Crippen LogP contribution in [0.4, 0.5) is 15.8 Å². The Balaban J connectivity index is 1.82. The summed E-state index contributed by atoms with van der Waals surface area (Å²) in [5, 5.41) is 0. The number of benzene rings is 2. The van der Waals surface area contributed by atoms with E-state index in [0.717, 1.165) is 23.4 Å². The Morgan fingerprint density at radius 1 is 1.25 bits per heavy atom. The van der Waals surface area contributed by atoms with E-state index in [1.54, 1.807) is 17.0 Å². The molecule has 2 aromatic carbocycles. The predicted molar refractivity (Wildman–Crippen MR) is 77.0 cm³/mol. The first-order valence-electron chi connectivity index (χ1n) is 6.57. The molecule has 0 aliphatic carbocycles.